The van der Waals surface area contributed by atoms with E-state index in [0.717, 1.165) is 11.1 Å². The molecule has 4 rings (SSSR count). The molecule has 31 heavy (non-hydrogen) atoms. The lowest BCUT2D eigenvalue weighted by atomic mass is 10.1. The summed E-state index contributed by atoms with van der Waals surface area (Å²) in [4.78, 5) is 29.3. The van der Waals surface area contributed by atoms with E-state index in [0.29, 0.717) is 23.8 Å². The van der Waals surface area contributed by atoms with Gasteiger partial charge in [0.1, 0.15) is 0 Å². The van der Waals surface area contributed by atoms with Crippen LogP contribution in [0.2, 0.25) is 5.02 Å². The van der Waals surface area contributed by atoms with Crippen LogP contribution < -0.4 is 4.90 Å². The Morgan fingerprint density at radius 1 is 0.903 bits per heavy atom. The Bertz CT molecular complexity index is 1110. The summed E-state index contributed by atoms with van der Waals surface area (Å²) in [6.45, 7) is 5.06. The maximum Gasteiger partial charge on any atom is 0.251 e. The van der Waals surface area contributed by atoms with E-state index < -0.39 is 16.1 Å². The van der Waals surface area contributed by atoms with E-state index >= 15 is 0 Å². The number of rotatable bonds is 4. The quantitative estimate of drug-likeness (QED) is 0.654. The second kappa shape index (κ2) is 8.35. The van der Waals surface area contributed by atoms with Crippen molar-refractivity contribution in [3.05, 3.63) is 58.6 Å². The fourth-order valence-electron chi connectivity index (χ4n) is 4.31. The zero-order chi connectivity index (χ0) is 22.3. The van der Waals surface area contributed by atoms with Crippen molar-refractivity contribution in [1.82, 2.24) is 9.21 Å². The number of hydrogen-bond acceptors (Lipinski definition) is 5. The third-order valence-corrected chi connectivity index (χ3v) is 8.12. The van der Waals surface area contributed by atoms with E-state index in [1.165, 1.54) is 21.3 Å². The van der Waals surface area contributed by atoms with Crippen LogP contribution >= 0.6 is 11.6 Å². The van der Waals surface area contributed by atoms with Gasteiger partial charge in [0.25, 0.3) is 5.91 Å². The average Bonchev–Trinajstić information content (AvgIpc) is 3.03. The standard InChI is InChI=1S/C22H24ClN3O4S/c1-15-4-3-5-16(2)21(15)26-20(27)14-19(22(26)28)24-10-12-25(13-11-24)31(29,30)18-8-6-17(23)7-9-18/h3-9,19H,10-14H2,1-2H3/t19-/m0/s1. The molecule has 7 nitrogen and oxygen atoms in total. The molecule has 2 aliphatic heterocycles. The van der Waals surface area contributed by atoms with Crippen molar-refractivity contribution in [2.75, 3.05) is 31.1 Å². The molecule has 0 spiro atoms. The summed E-state index contributed by atoms with van der Waals surface area (Å²) in [7, 11) is -3.63. The van der Waals surface area contributed by atoms with Crippen molar-refractivity contribution in [3.8, 4) is 0 Å². The summed E-state index contributed by atoms with van der Waals surface area (Å²) in [5, 5.41) is 0.474. The molecule has 0 saturated carbocycles. The summed E-state index contributed by atoms with van der Waals surface area (Å²) < 4.78 is 27.2. The Hall–Kier alpha value is -2.26. The second-order valence-corrected chi connectivity index (χ2v) is 10.3. The summed E-state index contributed by atoms with van der Waals surface area (Å²) in [5.74, 6) is -0.458. The Kier molecular flexibility index (Phi) is 5.91. The van der Waals surface area contributed by atoms with Crippen molar-refractivity contribution in [1.29, 1.82) is 0 Å². The average molecular weight is 462 g/mol. The largest absolute Gasteiger partial charge is 0.289 e. The molecule has 0 bridgehead atoms. The van der Waals surface area contributed by atoms with E-state index in [2.05, 4.69) is 0 Å². The molecule has 0 aromatic heterocycles. The highest BCUT2D eigenvalue weighted by molar-refractivity contribution is 7.89. The van der Waals surface area contributed by atoms with Gasteiger partial charge in [0, 0.05) is 31.2 Å². The van der Waals surface area contributed by atoms with E-state index in [9.17, 15) is 18.0 Å². The number of benzene rings is 2. The van der Waals surface area contributed by atoms with Gasteiger partial charge in [0.15, 0.2) is 0 Å². The molecule has 164 valence electrons. The third kappa shape index (κ3) is 4.01. The molecule has 0 unspecified atom stereocenters. The Balaban J connectivity index is 1.48. The van der Waals surface area contributed by atoms with Gasteiger partial charge in [0.05, 0.1) is 23.0 Å². The van der Waals surface area contributed by atoms with Crippen LogP contribution in [0.5, 0.6) is 0 Å². The van der Waals surface area contributed by atoms with Gasteiger partial charge in [-0.25, -0.2) is 13.3 Å². The number of nitrogens with zero attached hydrogens (tertiary/aromatic N) is 3. The lowest BCUT2D eigenvalue weighted by Gasteiger charge is -2.36. The molecule has 0 aliphatic carbocycles. The monoisotopic (exact) mass is 461 g/mol. The first kappa shape index (κ1) is 22.0. The number of carbonyl (C=O) groups is 2. The molecule has 0 N–H and O–H groups in total. The number of aryl methyl sites for hydroxylation is 2. The minimum absolute atomic E-state index is 0.108. The fraction of sp³-hybridized carbons (Fsp3) is 0.364. The predicted molar refractivity (Wildman–Crippen MR) is 119 cm³/mol. The Labute approximate surface area is 187 Å². The van der Waals surface area contributed by atoms with Gasteiger partial charge in [-0.15, -0.1) is 0 Å². The molecule has 2 aliphatic rings. The summed E-state index contributed by atoms with van der Waals surface area (Å²) in [6, 6.07) is 11.2. The van der Waals surface area contributed by atoms with Crippen molar-refractivity contribution < 1.29 is 18.0 Å². The Morgan fingerprint density at radius 3 is 2.06 bits per heavy atom. The molecule has 9 heteroatoms. The van der Waals surface area contributed by atoms with Crippen molar-refractivity contribution >= 4 is 39.1 Å². The van der Waals surface area contributed by atoms with Gasteiger partial charge in [-0.05, 0) is 49.2 Å². The zero-order valence-electron chi connectivity index (χ0n) is 17.4. The van der Waals surface area contributed by atoms with Gasteiger partial charge in [-0.3, -0.25) is 14.5 Å². The number of sulfonamides is 1. The fourth-order valence-corrected chi connectivity index (χ4v) is 5.85. The number of amides is 2. The normalized spacial score (nSPS) is 21.1. The van der Waals surface area contributed by atoms with Crippen LogP contribution in [0.25, 0.3) is 0 Å². The van der Waals surface area contributed by atoms with Gasteiger partial charge in [-0.1, -0.05) is 29.8 Å². The summed E-state index contributed by atoms with van der Waals surface area (Å²) >= 11 is 5.86. The van der Waals surface area contributed by atoms with E-state index in [-0.39, 0.29) is 36.2 Å². The van der Waals surface area contributed by atoms with Crippen LogP contribution in [0.3, 0.4) is 0 Å². The van der Waals surface area contributed by atoms with E-state index in [1.807, 2.05) is 36.9 Å². The van der Waals surface area contributed by atoms with Gasteiger partial charge in [0.2, 0.25) is 15.9 Å². The van der Waals surface area contributed by atoms with Crippen molar-refractivity contribution in [2.45, 2.75) is 31.2 Å². The minimum atomic E-state index is -3.63. The maximum absolute atomic E-state index is 13.2. The highest BCUT2D eigenvalue weighted by Gasteiger charge is 2.44. The van der Waals surface area contributed by atoms with Crippen LogP contribution in [0.4, 0.5) is 5.69 Å². The molecule has 2 fully saturated rings. The topological polar surface area (TPSA) is 78.0 Å². The smallest absolute Gasteiger partial charge is 0.251 e. The first-order valence-corrected chi connectivity index (χ1v) is 11.9. The highest BCUT2D eigenvalue weighted by atomic mass is 35.5. The number of hydrogen-bond donors (Lipinski definition) is 0. The predicted octanol–water partition coefficient (Wildman–Crippen LogP) is 2.60. The molecule has 1 atom stereocenters. The maximum atomic E-state index is 13.2. The first-order valence-electron chi connectivity index (χ1n) is 10.1. The summed E-state index contributed by atoms with van der Waals surface area (Å²) in [6.07, 6.45) is 0.108. The highest BCUT2D eigenvalue weighted by Crippen LogP contribution is 2.32. The second-order valence-electron chi connectivity index (χ2n) is 7.92. The van der Waals surface area contributed by atoms with Crippen LogP contribution in [0.15, 0.2) is 47.4 Å². The van der Waals surface area contributed by atoms with Crippen LogP contribution in [0.1, 0.15) is 17.5 Å². The molecule has 2 amide bonds. The van der Waals surface area contributed by atoms with E-state index in [1.54, 1.807) is 12.1 Å². The molecular formula is C22H24ClN3O4S. The van der Waals surface area contributed by atoms with Crippen LogP contribution in [-0.2, 0) is 19.6 Å². The number of anilines is 1. The van der Waals surface area contributed by atoms with E-state index in [4.69, 9.17) is 11.6 Å². The number of imide groups is 1. The molecule has 2 aromatic carbocycles. The van der Waals surface area contributed by atoms with Crippen molar-refractivity contribution in [3.63, 3.8) is 0 Å². The zero-order valence-corrected chi connectivity index (χ0v) is 19.0. The Morgan fingerprint density at radius 2 is 1.48 bits per heavy atom. The van der Waals surface area contributed by atoms with Gasteiger partial charge >= 0.3 is 0 Å². The lowest BCUT2D eigenvalue weighted by molar-refractivity contribution is -0.123. The summed E-state index contributed by atoms with van der Waals surface area (Å²) in [5.41, 5.74) is 2.41. The molecular weight excluding hydrogens is 438 g/mol. The number of piperazine rings is 1. The number of carbonyl (C=O) groups excluding carboxylic acids is 2. The van der Waals surface area contributed by atoms with Crippen LogP contribution in [-0.4, -0.2) is 61.7 Å². The van der Waals surface area contributed by atoms with Crippen molar-refractivity contribution in [2.24, 2.45) is 0 Å². The lowest BCUT2D eigenvalue weighted by Crippen LogP contribution is -2.53. The third-order valence-electron chi connectivity index (χ3n) is 5.95. The SMILES string of the molecule is Cc1cccc(C)c1N1C(=O)C[C@H](N2CCN(S(=O)(=O)c3ccc(Cl)cc3)CC2)C1=O. The molecule has 2 heterocycles. The number of para-hydroxylation sites is 1. The van der Waals surface area contributed by atoms with Gasteiger partial charge < -0.3 is 0 Å². The molecule has 2 aromatic rings. The first-order chi connectivity index (χ1) is 14.7. The van der Waals surface area contributed by atoms with Gasteiger partial charge in [-0.2, -0.15) is 4.31 Å². The minimum Gasteiger partial charge on any atom is -0.289 e. The van der Waals surface area contributed by atoms with Crippen LogP contribution in [0, 0.1) is 13.8 Å². The molecule has 2 saturated heterocycles. The number of halogens is 1. The molecule has 0 radical (unpaired) electrons.